The molecule has 0 amide bonds. The third kappa shape index (κ3) is 5.51. The van der Waals surface area contributed by atoms with Gasteiger partial charge in [-0.1, -0.05) is 32.0 Å². The number of nitrogens with zero attached hydrogens (tertiary/aromatic N) is 5. The van der Waals surface area contributed by atoms with E-state index < -0.39 is 23.6 Å². The van der Waals surface area contributed by atoms with Crippen LogP contribution in [-0.2, 0) is 15.7 Å². The maximum Gasteiger partial charge on any atom is 0.416 e. The Morgan fingerprint density at radius 2 is 1.67 bits per heavy atom. The molecule has 3 aromatic rings. The molecule has 0 aliphatic carbocycles. The molecule has 0 N–H and O–H groups in total. The molecule has 1 aliphatic rings. The Morgan fingerprint density at radius 1 is 1.03 bits per heavy atom. The summed E-state index contributed by atoms with van der Waals surface area (Å²) in [5, 5.41) is 9.86. The van der Waals surface area contributed by atoms with Gasteiger partial charge in [-0.2, -0.15) is 18.4 Å². The van der Waals surface area contributed by atoms with Crippen LogP contribution in [0.2, 0.25) is 0 Å². The van der Waals surface area contributed by atoms with E-state index in [9.17, 15) is 23.2 Å². The molecule has 2 heterocycles. The number of anilines is 2. The van der Waals surface area contributed by atoms with E-state index in [2.05, 4.69) is 4.98 Å². The standard InChI is InChI=1S/C26H26F3N5O2/c1-17(2)16-36-25(35)20(15-30)23-24(32-22-9-4-3-8-21(22)31-23)34-12-10-33(11-13-34)19-7-5-6-18(14-19)26(27,28)29/h3-9,14,17,20H,10-13,16H2,1-2H3. The largest absolute Gasteiger partial charge is 0.464 e. The molecule has 10 heteroatoms. The van der Waals surface area contributed by atoms with Crippen molar-refractivity contribution >= 4 is 28.5 Å². The molecule has 36 heavy (non-hydrogen) atoms. The van der Waals surface area contributed by atoms with Crippen LogP contribution in [0, 0.1) is 17.2 Å². The maximum atomic E-state index is 13.2. The van der Waals surface area contributed by atoms with Crippen molar-refractivity contribution in [2.45, 2.75) is 25.9 Å². The lowest BCUT2D eigenvalue weighted by Gasteiger charge is -2.37. The summed E-state index contributed by atoms with van der Waals surface area (Å²) in [5.41, 5.74) is 1.18. The Bertz CT molecular complexity index is 1280. The van der Waals surface area contributed by atoms with E-state index in [1.54, 1.807) is 24.3 Å². The van der Waals surface area contributed by atoms with Crippen LogP contribution >= 0.6 is 0 Å². The lowest BCUT2D eigenvalue weighted by Crippen LogP contribution is -2.47. The summed E-state index contributed by atoms with van der Waals surface area (Å²) < 4.78 is 44.8. The van der Waals surface area contributed by atoms with Gasteiger partial charge in [0.05, 0.1) is 29.3 Å². The minimum absolute atomic E-state index is 0.111. The van der Waals surface area contributed by atoms with Crippen molar-refractivity contribution in [1.82, 2.24) is 9.97 Å². The Hall–Kier alpha value is -3.87. The fraction of sp³-hybridized carbons (Fsp3) is 0.385. The maximum absolute atomic E-state index is 13.2. The van der Waals surface area contributed by atoms with Crippen molar-refractivity contribution in [3.8, 4) is 6.07 Å². The summed E-state index contributed by atoms with van der Waals surface area (Å²) in [6.45, 7) is 5.71. The molecule has 0 saturated carbocycles. The highest BCUT2D eigenvalue weighted by atomic mass is 19.4. The van der Waals surface area contributed by atoms with Gasteiger partial charge in [-0.25, -0.2) is 9.97 Å². The lowest BCUT2D eigenvalue weighted by atomic mass is 10.1. The summed E-state index contributed by atoms with van der Waals surface area (Å²) in [6, 6.07) is 14.5. The van der Waals surface area contributed by atoms with Gasteiger partial charge in [0, 0.05) is 31.9 Å². The number of piperazine rings is 1. The van der Waals surface area contributed by atoms with Gasteiger partial charge in [-0.05, 0) is 36.2 Å². The zero-order chi connectivity index (χ0) is 25.9. The first-order valence-corrected chi connectivity index (χ1v) is 11.7. The van der Waals surface area contributed by atoms with E-state index in [0.717, 1.165) is 12.1 Å². The van der Waals surface area contributed by atoms with Crippen molar-refractivity contribution in [3.63, 3.8) is 0 Å². The van der Waals surface area contributed by atoms with Crippen LogP contribution < -0.4 is 9.80 Å². The number of halogens is 3. The summed E-state index contributed by atoms with van der Waals surface area (Å²) in [4.78, 5) is 25.9. The molecule has 4 rings (SSSR count). The molecular formula is C26H26F3N5O2. The summed E-state index contributed by atoms with van der Waals surface area (Å²) >= 11 is 0. The van der Waals surface area contributed by atoms with Crippen LogP contribution in [0.4, 0.5) is 24.7 Å². The van der Waals surface area contributed by atoms with E-state index in [0.29, 0.717) is 48.7 Å². The second kappa shape index (κ2) is 10.4. The number of alkyl halides is 3. The van der Waals surface area contributed by atoms with Gasteiger partial charge >= 0.3 is 12.1 Å². The SMILES string of the molecule is CC(C)COC(=O)C(C#N)c1nc2ccccc2nc1N1CCN(c2cccc(C(F)(F)F)c2)CC1. The Morgan fingerprint density at radius 3 is 2.28 bits per heavy atom. The summed E-state index contributed by atoms with van der Waals surface area (Å²) in [6.07, 6.45) is -4.41. The minimum Gasteiger partial charge on any atom is -0.464 e. The number of esters is 1. The predicted octanol–water partition coefficient (Wildman–Crippen LogP) is 4.78. The number of carbonyl (C=O) groups excluding carboxylic acids is 1. The van der Waals surface area contributed by atoms with Crippen LogP contribution in [-0.4, -0.2) is 48.7 Å². The first kappa shape index (κ1) is 25.2. The van der Waals surface area contributed by atoms with Crippen LogP contribution in [0.3, 0.4) is 0 Å². The van der Waals surface area contributed by atoms with Gasteiger partial charge < -0.3 is 14.5 Å². The molecule has 1 aromatic heterocycles. The van der Waals surface area contributed by atoms with Gasteiger partial charge in [0.25, 0.3) is 0 Å². The number of hydrogen-bond donors (Lipinski definition) is 0. The fourth-order valence-electron chi connectivity index (χ4n) is 4.04. The molecule has 7 nitrogen and oxygen atoms in total. The van der Waals surface area contributed by atoms with Crippen molar-refractivity contribution in [1.29, 1.82) is 5.26 Å². The van der Waals surface area contributed by atoms with Crippen LogP contribution in [0.25, 0.3) is 11.0 Å². The van der Waals surface area contributed by atoms with E-state index in [4.69, 9.17) is 9.72 Å². The van der Waals surface area contributed by atoms with E-state index in [1.807, 2.05) is 35.8 Å². The summed E-state index contributed by atoms with van der Waals surface area (Å²) in [7, 11) is 0. The molecular weight excluding hydrogens is 471 g/mol. The number of hydrogen-bond acceptors (Lipinski definition) is 7. The Labute approximate surface area is 207 Å². The van der Waals surface area contributed by atoms with Crippen molar-refractivity contribution < 1.29 is 22.7 Å². The highest BCUT2D eigenvalue weighted by Crippen LogP contribution is 2.33. The molecule has 2 aromatic carbocycles. The van der Waals surface area contributed by atoms with E-state index >= 15 is 0 Å². The van der Waals surface area contributed by atoms with Crippen LogP contribution in [0.1, 0.15) is 31.0 Å². The monoisotopic (exact) mass is 497 g/mol. The number of benzene rings is 2. The molecule has 1 fully saturated rings. The first-order chi connectivity index (χ1) is 17.2. The number of aromatic nitrogens is 2. The number of ether oxygens (including phenoxy) is 1. The van der Waals surface area contributed by atoms with Crippen LogP contribution in [0.5, 0.6) is 0 Å². The quantitative estimate of drug-likeness (QED) is 0.453. The third-order valence-electron chi connectivity index (χ3n) is 5.89. The van der Waals surface area contributed by atoms with E-state index in [-0.39, 0.29) is 18.2 Å². The zero-order valence-corrected chi connectivity index (χ0v) is 20.0. The van der Waals surface area contributed by atoms with Crippen molar-refractivity contribution in [2.24, 2.45) is 5.92 Å². The van der Waals surface area contributed by atoms with E-state index in [1.165, 1.54) is 6.07 Å². The normalized spacial score (nSPS) is 15.1. The number of carbonyl (C=O) groups is 1. The predicted molar refractivity (Wildman–Crippen MR) is 130 cm³/mol. The topological polar surface area (TPSA) is 82.3 Å². The Kier molecular flexibility index (Phi) is 7.29. The molecule has 1 unspecified atom stereocenters. The smallest absolute Gasteiger partial charge is 0.416 e. The second-order valence-corrected chi connectivity index (χ2v) is 9.03. The first-order valence-electron chi connectivity index (χ1n) is 11.7. The Balaban J connectivity index is 1.61. The van der Waals surface area contributed by atoms with Gasteiger partial charge in [0.1, 0.15) is 5.69 Å². The summed E-state index contributed by atoms with van der Waals surface area (Å²) in [5.74, 6) is -1.41. The molecule has 0 radical (unpaired) electrons. The average molecular weight is 498 g/mol. The van der Waals surface area contributed by atoms with Gasteiger partial charge in [-0.3, -0.25) is 4.79 Å². The number of nitriles is 1. The van der Waals surface area contributed by atoms with Gasteiger partial charge in [-0.15, -0.1) is 0 Å². The molecule has 1 saturated heterocycles. The highest BCUT2D eigenvalue weighted by Gasteiger charge is 2.33. The van der Waals surface area contributed by atoms with Crippen molar-refractivity contribution in [3.05, 3.63) is 59.8 Å². The second-order valence-electron chi connectivity index (χ2n) is 9.03. The van der Waals surface area contributed by atoms with Gasteiger partial charge in [0.2, 0.25) is 0 Å². The molecule has 1 aliphatic heterocycles. The lowest BCUT2D eigenvalue weighted by molar-refractivity contribution is -0.145. The highest BCUT2D eigenvalue weighted by molar-refractivity contribution is 5.85. The molecule has 0 spiro atoms. The number of fused-ring (bicyclic) bond motifs is 1. The molecule has 0 bridgehead atoms. The number of rotatable bonds is 6. The third-order valence-corrected chi connectivity index (χ3v) is 5.89. The fourth-order valence-corrected chi connectivity index (χ4v) is 4.04. The number of para-hydroxylation sites is 2. The zero-order valence-electron chi connectivity index (χ0n) is 20.0. The van der Waals surface area contributed by atoms with Crippen LogP contribution in [0.15, 0.2) is 48.5 Å². The van der Waals surface area contributed by atoms with Gasteiger partial charge in [0.15, 0.2) is 11.7 Å². The minimum atomic E-state index is -4.41. The molecule has 1 atom stereocenters. The average Bonchev–Trinajstić information content (AvgIpc) is 2.87. The molecule has 188 valence electrons. The van der Waals surface area contributed by atoms with Crippen molar-refractivity contribution in [2.75, 3.05) is 42.6 Å².